The third kappa shape index (κ3) is 2.59. The molecule has 0 aliphatic carbocycles. The summed E-state index contributed by atoms with van der Waals surface area (Å²) in [4.78, 5) is 35.4. The largest absolute Gasteiger partial charge is 0.481 e. The zero-order chi connectivity index (χ0) is 17.6. The van der Waals surface area contributed by atoms with Gasteiger partial charge in [0.25, 0.3) is 0 Å². The van der Waals surface area contributed by atoms with E-state index < -0.39 is 17.4 Å². The lowest BCUT2D eigenvalue weighted by Gasteiger charge is -2.45. The molecule has 4 heterocycles. The average Bonchev–Trinajstić information content (AvgIpc) is 3.15. The smallest absolute Gasteiger partial charge is 0.309 e. The Hall–Kier alpha value is -2.41. The molecule has 132 valence electrons. The first-order valence-corrected chi connectivity index (χ1v) is 8.64. The van der Waals surface area contributed by atoms with Gasteiger partial charge in [-0.1, -0.05) is 0 Å². The van der Waals surface area contributed by atoms with Gasteiger partial charge >= 0.3 is 5.97 Å². The van der Waals surface area contributed by atoms with E-state index in [2.05, 4.69) is 20.9 Å². The normalized spacial score (nSPS) is 23.6. The van der Waals surface area contributed by atoms with Crippen LogP contribution in [0.1, 0.15) is 25.0 Å². The summed E-state index contributed by atoms with van der Waals surface area (Å²) in [5.41, 5.74) is 1.35. The van der Waals surface area contributed by atoms with E-state index in [9.17, 15) is 14.7 Å². The summed E-state index contributed by atoms with van der Waals surface area (Å²) in [6.07, 6.45) is 3.38. The number of H-pyrrole nitrogens is 1. The van der Waals surface area contributed by atoms with Crippen LogP contribution in [0.5, 0.6) is 0 Å². The molecule has 2 aromatic rings. The van der Waals surface area contributed by atoms with E-state index in [1.54, 1.807) is 11.9 Å². The number of carbonyl (C=O) groups excluding carboxylic acids is 1. The van der Waals surface area contributed by atoms with Crippen molar-refractivity contribution in [3.8, 4) is 0 Å². The molecule has 4 rings (SSSR count). The molecule has 1 spiro atoms. The molecule has 0 saturated carbocycles. The maximum absolute atomic E-state index is 12.1. The third-order valence-corrected chi connectivity index (χ3v) is 5.94. The fraction of sp³-hybridized carbons (Fsp3) is 0.500. The zero-order valence-corrected chi connectivity index (χ0v) is 14.2. The fourth-order valence-corrected chi connectivity index (χ4v) is 4.37. The number of aromatic amines is 1. The Labute approximate surface area is 145 Å². The highest BCUT2D eigenvalue weighted by molar-refractivity contribution is 5.88. The molecule has 0 bridgehead atoms. The molecule has 2 N–H and O–H groups in total. The molecule has 7 heteroatoms. The topological polar surface area (TPSA) is 89.5 Å². The Morgan fingerprint density at radius 1 is 1.36 bits per heavy atom. The number of fused-ring (bicyclic) bond motifs is 1. The van der Waals surface area contributed by atoms with E-state index in [0.29, 0.717) is 12.8 Å². The maximum atomic E-state index is 12.1. The van der Waals surface area contributed by atoms with Crippen molar-refractivity contribution in [3.63, 3.8) is 0 Å². The number of piperidine rings is 1. The lowest BCUT2D eigenvalue weighted by molar-refractivity contribution is -0.146. The monoisotopic (exact) mass is 342 g/mol. The second kappa shape index (κ2) is 5.84. The average molecular weight is 342 g/mol. The second-order valence-corrected chi connectivity index (χ2v) is 7.15. The molecule has 0 aromatic carbocycles. The predicted octanol–water partition coefficient (Wildman–Crippen LogP) is 1.46. The summed E-state index contributed by atoms with van der Waals surface area (Å²) in [5, 5.41) is 10.6. The molecular weight excluding hydrogens is 320 g/mol. The number of aliphatic carboxylic acids is 1. The van der Waals surface area contributed by atoms with Gasteiger partial charge in [0.1, 0.15) is 5.65 Å². The van der Waals surface area contributed by atoms with Gasteiger partial charge < -0.3 is 15.0 Å². The number of carboxylic acids is 1. The van der Waals surface area contributed by atoms with Crippen LogP contribution in [0.2, 0.25) is 0 Å². The van der Waals surface area contributed by atoms with Gasteiger partial charge in [0.05, 0.1) is 17.2 Å². The number of likely N-dealkylation sites (tertiary alicyclic amines) is 2. The van der Waals surface area contributed by atoms with Gasteiger partial charge in [-0.3, -0.25) is 14.5 Å². The summed E-state index contributed by atoms with van der Waals surface area (Å²) in [5.74, 6) is -1.51. The summed E-state index contributed by atoms with van der Waals surface area (Å²) in [6, 6.07) is 6.09. The van der Waals surface area contributed by atoms with Gasteiger partial charge in [-0.05, 0) is 31.0 Å². The van der Waals surface area contributed by atoms with Crippen LogP contribution < -0.4 is 0 Å². The second-order valence-electron chi connectivity index (χ2n) is 7.15. The Morgan fingerprint density at radius 3 is 2.84 bits per heavy atom. The van der Waals surface area contributed by atoms with Crippen molar-refractivity contribution in [2.45, 2.75) is 31.3 Å². The molecule has 1 atom stereocenters. The van der Waals surface area contributed by atoms with E-state index in [4.69, 9.17) is 0 Å². The first kappa shape index (κ1) is 16.1. The lowest BCUT2D eigenvalue weighted by atomic mass is 9.77. The number of hydrogen-bond donors (Lipinski definition) is 2. The van der Waals surface area contributed by atoms with Crippen molar-refractivity contribution in [1.82, 2.24) is 19.8 Å². The van der Waals surface area contributed by atoms with Crippen LogP contribution in [0.25, 0.3) is 11.0 Å². The van der Waals surface area contributed by atoms with Crippen molar-refractivity contribution in [2.24, 2.45) is 5.92 Å². The first-order chi connectivity index (χ1) is 12.0. The number of aromatic nitrogens is 2. The number of hydrogen-bond acceptors (Lipinski definition) is 4. The number of carboxylic acid groups (broad SMARTS) is 1. The molecule has 2 saturated heterocycles. The molecule has 0 unspecified atom stereocenters. The minimum absolute atomic E-state index is 0.0558. The highest BCUT2D eigenvalue weighted by atomic mass is 16.4. The fourth-order valence-electron chi connectivity index (χ4n) is 4.37. The number of nitrogens with zero attached hydrogens (tertiary/aromatic N) is 3. The molecule has 25 heavy (non-hydrogen) atoms. The van der Waals surface area contributed by atoms with Crippen LogP contribution >= 0.6 is 0 Å². The summed E-state index contributed by atoms with van der Waals surface area (Å²) in [6.45, 7) is 2.28. The number of carbonyl (C=O) groups is 2. The zero-order valence-electron chi connectivity index (χ0n) is 14.2. The van der Waals surface area contributed by atoms with Crippen molar-refractivity contribution in [3.05, 3.63) is 30.1 Å². The Bertz CT molecular complexity index is 823. The summed E-state index contributed by atoms with van der Waals surface area (Å²) >= 11 is 0. The van der Waals surface area contributed by atoms with Crippen LogP contribution in [0.4, 0.5) is 0 Å². The molecule has 7 nitrogen and oxygen atoms in total. The minimum atomic E-state index is -0.856. The van der Waals surface area contributed by atoms with Gasteiger partial charge in [0.15, 0.2) is 0 Å². The Balaban J connectivity index is 1.47. The van der Waals surface area contributed by atoms with Gasteiger partial charge in [-0.15, -0.1) is 0 Å². The molecule has 2 aliphatic rings. The van der Waals surface area contributed by atoms with Crippen LogP contribution in [-0.4, -0.2) is 62.4 Å². The number of nitrogens with one attached hydrogen (secondary N) is 1. The first-order valence-electron chi connectivity index (χ1n) is 8.64. The van der Waals surface area contributed by atoms with E-state index in [1.165, 1.54) is 0 Å². The highest BCUT2D eigenvalue weighted by Gasteiger charge is 2.55. The van der Waals surface area contributed by atoms with Gasteiger partial charge in [0.2, 0.25) is 5.91 Å². The third-order valence-electron chi connectivity index (χ3n) is 5.94. The maximum Gasteiger partial charge on any atom is 0.309 e. The van der Waals surface area contributed by atoms with E-state index in [0.717, 1.165) is 36.4 Å². The Morgan fingerprint density at radius 2 is 2.12 bits per heavy atom. The van der Waals surface area contributed by atoms with E-state index in [1.807, 2.05) is 18.3 Å². The van der Waals surface area contributed by atoms with Crippen LogP contribution in [0, 0.1) is 5.92 Å². The minimum Gasteiger partial charge on any atom is -0.481 e. The van der Waals surface area contributed by atoms with Crippen LogP contribution in [0.15, 0.2) is 24.4 Å². The molecule has 1 amide bonds. The van der Waals surface area contributed by atoms with Gasteiger partial charge in [-0.2, -0.15) is 0 Å². The van der Waals surface area contributed by atoms with Crippen molar-refractivity contribution in [2.75, 3.05) is 20.1 Å². The number of pyridine rings is 1. The molecule has 2 fully saturated rings. The lowest BCUT2D eigenvalue weighted by Crippen LogP contribution is -2.55. The van der Waals surface area contributed by atoms with Crippen molar-refractivity contribution >= 4 is 22.9 Å². The molecule has 2 aliphatic heterocycles. The molecular formula is C18H22N4O3. The Kier molecular flexibility index (Phi) is 3.76. The summed E-state index contributed by atoms with van der Waals surface area (Å²) in [7, 11) is 1.75. The van der Waals surface area contributed by atoms with E-state index in [-0.39, 0.29) is 12.3 Å². The van der Waals surface area contributed by atoms with Crippen molar-refractivity contribution in [1.29, 1.82) is 0 Å². The van der Waals surface area contributed by atoms with Crippen LogP contribution in [0.3, 0.4) is 0 Å². The van der Waals surface area contributed by atoms with Gasteiger partial charge in [-0.25, -0.2) is 4.98 Å². The van der Waals surface area contributed by atoms with Crippen molar-refractivity contribution < 1.29 is 14.7 Å². The number of rotatable bonds is 3. The summed E-state index contributed by atoms with van der Waals surface area (Å²) < 4.78 is 0. The molecule has 2 aromatic heterocycles. The van der Waals surface area contributed by atoms with Crippen LogP contribution in [-0.2, 0) is 16.1 Å². The quantitative estimate of drug-likeness (QED) is 0.881. The standard InChI is InChI=1S/C18H22N4O3/c1-21-15(23)10-14(17(24)25)18(21)5-8-22(9-6-18)11-13-3-2-12-4-7-19-16(12)20-13/h2-4,7,14H,5-6,8-11H2,1H3,(H,19,20)(H,24,25)/t14-/m1/s1. The number of amides is 1. The molecule has 0 radical (unpaired) electrons. The highest BCUT2D eigenvalue weighted by Crippen LogP contribution is 2.42. The van der Waals surface area contributed by atoms with Gasteiger partial charge in [0, 0.05) is 44.7 Å². The predicted molar refractivity (Wildman–Crippen MR) is 91.8 cm³/mol. The van der Waals surface area contributed by atoms with E-state index >= 15 is 0 Å². The SMILES string of the molecule is CN1C(=O)C[C@H](C(=O)O)C12CCN(Cc1ccc3cc[nH]c3n1)CC2.